The van der Waals surface area contributed by atoms with E-state index in [0.29, 0.717) is 30.5 Å². The van der Waals surface area contributed by atoms with Crippen molar-refractivity contribution in [2.24, 2.45) is 0 Å². The number of rotatable bonds is 11. The monoisotopic (exact) mass is 688 g/mol. The van der Waals surface area contributed by atoms with Crippen LogP contribution in [0.25, 0.3) is 16.6 Å². The topological polar surface area (TPSA) is 138 Å². The van der Waals surface area contributed by atoms with E-state index in [0.717, 1.165) is 21.7 Å². The Balaban J connectivity index is 1.37. The quantitative estimate of drug-likeness (QED) is 0.226. The standard InChI is InChI=1S/C31H34Cl2N6O6S/c1-20-17-25(38-16-12-34-19-38)21-7-4-9-26(29(21)35-20)45-18-22-23(32)10-11-27(28(22)33)46(43,44)39-15-5-8-24(39)30(40)36(2)13-6-14-37(3)31(41)42/h4,7,9-12,16-17,19,24H,5-6,8,13-15,18H2,1-3H3,(H,41,42)/t24-/m0/s1. The molecule has 15 heteroatoms. The Morgan fingerprint density at radius 2 is 1.89 bits per heavy atom. The molecule has 2 amide bonds. The minimum Gasteiger partial charge on any atom is -0.487 e. The van der Waals surface area contributed by atoms with Crippen LogP contribution in [-0.4, -0.2) is 93.9 Å². The van der Waals surface area contributed by atoms with E-state index < -0.39 is 22.2 Å². The predicted molar refractivity (Wildman–Crippen MR) is 174 cm³/mol. The molecule has 4 aromatic rings. The first kappa shape index (κ1) is 33.5. The number of para-hydroxylation sites is 1. The first-order chi connectivity index (χ1) is 21.9. The van der Waals surface area contributed by atoms with Crippen molar-refractivity contribution in [3.8, 4) is 11.4 Å². The van der Waals surface area contributed by atoms with Crippen LogP contribution in [0.3, 0.4) is 0 Å². The number of carbonyl (C=O) groups excluding carboxylic acids is 1. The van der Waals surface area contributed by atoms with Gasteiger partial charge in [0.2, 0.25) is 15.9 Å². The molecule has 0 bridgehead atoms. The van der Waals surface area contributed by atoms with E-state index in [4.69, 9.17) is 38.0 Å². The van der Waals surface area contributed by atoms with Gasteiger partial charge in [0.1, 0.15) is 28.8 Å². The lowest BCUT2D eigenvalue weighted by Crippen LogP contribution is -2.47. The van der Waals surface area contributed by atoms with Gasteiger partial charge in [-0.1, -0.05) is 35.3 Å². The van der Waals surface area contributed by atoms with Crippen LogP contribution in [0.2, 0.25) is 10.0 Å². The van der Waals surface area contributed by atoms with Crippen LogP contribution < -0.4 is 4.74 Å². The molecule has 1 atom stereocenters. The zero-order chi connectivity index (χ0) is 33.2. The summed E-state index contributed by atoms with van der Waals surface area (Å²) in [7, 11) is -1.17. The number of pyridine rings is 1. The summed E-state index contributed by atoms with van der Waals surface area (Å²) in [5.41, 5.74) is 2.54. The molecule has 0 spiro atoms. The molecule has 1 fully saturated rings. The van der Waals surface area contributed by atoms with Crippen LogP contribution in [0.1, 0.15) is 30.5 Å². The number of aryl methyl sites for hydroxylation is 1. The van der Waals surface area contributed by atoms with Gasteiger partial charge in [0.25, 0.3) is 0 Å². The average molecular weight is 690 g/mol. The molecule has 0 saturated carbocycles. The minimum atomic E-state index is -4.20. The largest absolute Gasteiger partial charge is 0.487 e. The Morgan fingerprint density at radius 3 is 2.61 bits per heavy atom. The molecule has 0 radical (unpaired) electrons. The lowest BCUT2D eigenvalue weighted by molar-refractivity contribution is -0.133. The van der Waals surface area contributed by atoms with Crippen LogP contribution in [0.5, 0.6) is 5.75 Å². The lowest BCUT2D eigenvalue weighted by atomic mass is 10.1. The lowest BCUT2D eigenvalue weighted by Gasteiger charge is -2.28. The van der Waals surface area contributed by atoms with Crippen LogP contribution in [-0.2, 0) is 21.4 Å². The number of ether oxygens (including phenoxy) is 1. The summed E-state index contributed by atoms with van der Waals surface area (Å²) in [5.74, 6) is 0.104. The van der Waals surface area contributed by atoms with Gasteiger partial charge in [-0.3, -0.25) is 4.79 Å². The number of carbonyl (C=O) groups is 2. The number of fused-ring (bicyclic) bond motifs is 1. The Hall–Kier alpha value is -3.91. The molecular formula is C31H34Cl2N6O6S. The first-order valence-corrected chi connectivity index (χ1v) is 16.8. The number of amides is 2. The van der Waals surface area contributed by atoms with E-state index >= 15 is 0 Å². The zero-order valence-electron chi connectivity index (χ0n) is 25.6. The van der Waals surface area contributed by atoms with E-state index in [-0.39, 0.29) is 52.7 Å². The summed E-state index contributed by atoms with van der Waals surface area (Å²) < 4.78 is 37.2. The van der Waals surface area contributed by atoms with E-state index in [9.17, 15) is 18.0 Å². The molecule has 1 aliphatic heterocycles. The Labute approximate surface area is 277 Å². The van der Waals surface area contributed by atoms with Gasteiger partial charge in [-0.25, -0.2) is 23.2 Å². The van der Waals surface area contributed by atoms with Gasteiger partial charge in [0, 0.05) is 67.8 Å². The SMILES string of the molecule is Cc1cc(-n2ccnc2)c2cccc(OCc3c(Cl)ccc(S(=O)(=O)N4CCC[C@H]4C(=O)N(C)CCCN(C)C(=O)O)c3Cl)c2n1. The summed E-state index contributed by atoms with van der Waals surface area (Å²) >= 11 is 13.3. The van der Waals surface area contributed by atoms with Crippen molar-refractivity contribution in [1.82, 2.24) is 28.6 Å². The van der Waals surface area contributed by atoms with E-state index in [1.54, 1.807) is 25.6 Å². The molecule has 0 unspecified atom stereocenters. The molecule has 2 aromatic carbocycles. The van der Waals surface area contributed by atoms with E-state index in [1.165, 1.54) is 28.4 Å². The van der Waals surface area contributed by atoms with Gasteiger partial charge in [-0.2, -0.15) is 4.31 Å². The Morgan fingerprint density at radius 1 is 1.13 bits per heavy atom. The molecule has 3 heterocycles. The Bertz CT molecular complexity index is 1870. The van der Waals surface area contributed by atoms with Crippen molar-refractivity contribution in [2.45, 2.75) is 43.7 Å². The van der Waals surface area contributed by atoms with Crippen LogP contribution in [0, 0.1) is 6.92 Å². The van der Waals surface area contributed by atoms with Gasteiger partial charge < -0.3 is 24.2 Å². The van der Waals surface area contributed by atoms with Gasteiger partial charge in [0.05, 0.1) is 17.0 Å². The predicted octanol–water partition coefficient (Wildman–Crippen LogP) is 5.23. The third-order valence-corrected chi connectivity index (χ3v) is 10.8. The third kappa shape index (κ3) is 6.77. The fourth-order valence-corrected chi connectivity index (χ4v) is 8.04. The number of halogens is 2. The number of imidazole rings is 1. The molecule has 2 aromatic heterocycles. The third-order valence-electron chi connectivity index (χ3n) is 7.98. The highest BCUT2D eigenvalue weighted by molar-refractivity contribution is 7.89. The number of nitrogens with zero attached hydrogens (tertiary/aromatic N) is 6. The summed E-state index contributed by atoms with van der Waals surface area (Å²) in [6, 6.07) is 9.37. The maximum Gasteiger partial charge on any atom is 0.407 e. The van der Waals surface area contributed by atoms with E-state index in [2.05, 4.69) is 4.98 Å². The number of likely N-dealkylation sites (N-methyl/N-ethyl adjacent to an activating group) is 1. The van der Waals surface area contributed by atoms with Crippen LogP contribution in [0.4, 0.5) is 4.79 Å². The minimum absolute atomic E-state index is 0.0841. The highest BCUT2D eigenvalue weighted by atomic mass is 35.5. The van der Waals surface area contributed by atoms with Crippen molar-refractivity contribution in [2.75, 3.05) is 33.7 Å². The molecule has 1 N–H and O–H groups in total. The maximum atomic E-state index is 14.0. The van der Waals surface area contributed by atoms with Crippen molar-refractivity contribution in [3.63, 3.8) is 0 Å². The number of hydrogen-bond acceptors (Lipinski definition) is 7. The highest BCUT2D eigenvalue weighted by Crippen LogP contribution is 2.37. The molecular weight excluding hydrogens is 655 g/mol. The normalized spacial score (nSPS) is 15.3. The summed E-state index contributed by atoms with van der Waals surface area (Å²) in [6.45, 7) is 2.41. The molecule has 244 valence electrons. The van der Waals surface area contributed by atoms with Gasteiger partial charge in [0.15, 0.2) is 0 Å². The number of benzene rings is 2. The van der Waals surface area contributed by atoms with Crippen LogP contribution in [0.15, 0.2) is 60.0 Å². The van der Waals surface area contributed by atoms with Crippen molar-refractivity contribution < 1.29 is 27.9 Å². The average Bonchev–Trinajstić information content (AvgIpc) is 3.73. The second-order valence-corrected chi connectivity index (χ2v) is 13.8. The van der Waals surface area contributed by atoms with Crippen molar-refractivity contribution in [3.05, 3.63) is 76.4 Å². The fraction of sp³-hybridized carbons (Fsp3) is 0.355. The van der Waals surface area contributed by atoms with Crippen molar-refractivity contribution >= 4 is 56.1 Å². The molecule has 1 aliphatic rings. The Kier molecular flexibility index (Phi) is 10.1. The summed E-state index contributed by atoms with van der Waals surface area (Å²) in [5, 5.41) is 10.0. The van der Waals surface area contributed by atoms with Gasteiger partial charge in [-0.15, -0.1) is 0 Å². The van der Waals surface area contributed by atoms with Crippen molar-refractivity contribution in [1.29, 1.82) is 0 Å². The molecule has 0 aliphatic carbocycles. The van der Waals surface area contributed by atoms with E-state index in [1.807, 2.05) is 35.9 Å². The first-order valence-electron chi connectivity index (χ1n) is 14.6. The maximum absolute atomic E-state index is 14.0. The zero-order valence-corrected chi connectivity index (χ0v) is 27.9. The molecule has 5 rings (SSSR count). The highest BCUT2D eigenvalue weighted by Gasteiger charge is 2.41. The summed E-state index contributed by atoms with van der Waals surface area (Å²) in [4.78, 5) is 35.6. The fourth-order valence-electron chi connectivity index (χ4n) is 5.52. The second-order valence-electron chi connectivity index (χ2n) is 11.1. The van der Waals surface area contributed by atoms with Gasteiger partial charge in [-0.05, 0) is 50.5 Å². The molecule has 12 nitrogen and oxygen atoms in total. The smallest absolute Gasteiger partial charge is 0.407 e. The molecule has 1 saturated heterocycles. The number of sulfonamides is 1. The number of carboxylic acid groups (broad SMARTS) is 1. The van der Waals surface area contributed by atoms with Gasteiger partial charge >= 0.3 is 6.09 Å². The summed E-state index contributed by atoms with van der Waals surface area (Å²) in [6.07, 6.45) is 5.43. The number of aromatic nitrogens is 3. The molecule has 46 heavy (non-hydrogen) atoms. The second kappa shape index (κ2) is 13.8. The number of hydrogen-bond donors (Lipinski definition) is 1. The van der Waals surface area contributed by atoms with Crippen LogP contribution >= 0.6 is 23.2 Å².